The van der Waals surface area contributed by atoms with Gasteiger partial charge in [-0.15, -0.1) is 0 Å². The van der Waals surface area contributed by atoms with Crippen molar-refractivity contribution in [1.29, 1.82) is 21.2 Å². The first-order chi connectivity index (χ1) is 16.3. The van der Waals surface area contributed by atoms with Crippen molar-refractivity contribution < 1.29 is 9.47 Å². The first kappa shape index (κ1) is 23.6. The second kappa shape index (κ2) is 8.33. The van der Waals surface area contributed by atoms with E-state index in [1.165, 1.54) is 0 Å². The van der Waals surface area contributed by atoms with Gasteiger partial charge in [-0.05, 0) is 43.7 Å². The lowest BCUT2D eigenvalue weighted by molar-refractivity contribution is -0.288. The molecule has 2 heterocycles. The van der Waals surface area contributed by atoms with E-state index in [0.29, 0.717) is 16.1 Å². The lowest BCUT2D eigenvalue weighted by atomic mass is 9.53. The highest BCUT2D eigenvalue weighted by Crippen LogP contribution is 2.69. The Morgan fingerprint density at radius 3 is 2.21 bits per heavy atom. The Balaban J connectivity index is 1.95. The van der Waals surface area contributed by atoms with Crippen molar-refractivity contribution in [3.05, 3.63) is 64.7 Å². The van der Waals surface area contributed by atoms with Crippen LogP contribution in [0.2, 0.25) is 5.02 Å². The smallest absolute Gasteiger partial charge is 0.244 e. The summed E-state index contributed by atoms with van der Waals surface area (Å²) in [6.07, 6.45) is -1.15. The number of hydrogen-bond acceptors (Lipinski definition) is 7. The van der Waals surface area contributed by atoms with Crippen LogP contribution < -0.4 is 4.90 Å². The van der Waals surface area contributed by atoms with Crippen LogP contribution in [0.4, 0.5) is 5.69 Å². The highest BCUT2D eigenvalue weighted by atomic mass is 35.5. The van der Waals surface area contributed by atoms with Gasteiger partial charge in [0.15, 0.2) is 5.41 Å². The molecule has 2 aromatic rings. The third-order valence-electron chi connectivity index (χ3n) is 7.22. The number of ether oxygens (including phenoxy) is 2. The average molecular weight is 474 g/mol. The van der Waals surface area contributed by atoms with E-state index >= 15 is 0 Å². The number of nitriles is 3. The van der Waals surface area contributed by atoms with Crippen LogP contribution >= 0.6 is 11.6 Å². The summed E-state index contributed by atoms with van der Waals surface area (Å²) < 4.78 is 12.5. The lowest BCUT2D eigenvalue weighted by Gasteiger charge is -2.48. The molecule has 1 N–H and O–H groups in total. The Hall–Kier alpha value is -3.57. The zero-order valence-corrected chi connectivity index (χ0v) is 19.9. The highest BCUT2D eigenvalue weighted by molar-refractivity contribution is 6.30. The minimum absolute atomic E-state index is 0.435. The van der Waals surface area contributed by atoms with Gasteiger partial charge in [-0.1, -0.05) is 42.8 Å². The van der Waals surface area contributed by atoms with Crippen molar-refractivity contribution in [3.8, 4) is 18.2 Å². The van der Waals surface area contributed by atoms with Gasteiger partial charge in [0.2, 0.25) is 17.1 Å². The van der Waals surface area contributed by atoms with E-state index in [0.717, 1.165) is 18.8 Å². The molecule has 7 nitrogen and oxygen atoms in total. The van der Waals surface area contributed by atoms with Crippen LogP contribution in [-0.4, -0.2) is 19.0 Å². The Morgan fingerprint density at radius 2 is 1.68 bits per heavy atom. The van der Waals surface area contributed by atoms with E-state index in [1.54, 1.807) is 43.3 Å². The van der Waals surface area contributed by atoms with E-state index in [4.69, 9.17) is 26.5 Å². The fraction of sp³-hybridized carbons (Fsp3) is 0.385. The molecule has 2 aromatic carbocycles. The monoisotopic (exact) mass is 473 g/mol. The second-order valence-electron chi connectivity index (χ2n) is 8.54. The molecule has 8 heteroatoms. The largest absolute Gasteiger partial charge is 0.443 e. The van der Waals surface area contributed by atoms with E-state index in [1.807, 2.05) is 12.1 Å². The molecule has 0 radical (unpaired) electrons. The fourth-order valence-electron chi connectivity index (χ4n) is 5.32. The minimum atomic E-state index is -2.01. The van der Waals surface area contributed by atoms with Gasteiger partial charge in [0, 0.05) is 29.4 Å². The van der Waals surface area contributed by atoms with Crippen molar-refractivity contribution in [2.24, 2.45) is 16.7 Å². The number of anilines is 1. The van der Waals surface area contributed by atoms with Gasteiger partial charge in [-0.3, -0.25) is 5.41 Å². The molecular formula is C26H24ClN5O2. The first-order valence-electron chi connectivity index (χ1n) is 11.1. The molecule has 172 valence electrons. The van der Waals surface area contributed by atoms with Gasteiger partial charge in [-0.2, -0.15) is 15.8 Å². The van der Waals surface area contributed by atoms with Gasteiger partial charge < -0.3 is 14.4 Å². The topological polar surface area (TPSA) is 117 Å². The van der Waals surface area contributed by atoms with Crippen LogP contribution in [0.5, 0.6) is 0 Å². The average Bonchev–Trinajstić information content (AvgIpc) is 3.01. The Bertz CT molecular complexity index is 1240. The summed E-state index contributed by atoms with van der Waals surface area (Å²) in [6, 6.07) is 20.5. The van der Waals surface area contributed by atoms with Crippen LogP contribution in [0.25, 0.3) is 0 Å². The van der Waals surface area contributed by atoms with E-state index in [9.17, 15) is 15.8 Å². The standard InChI is InChI=1S/C26H24ClN5O2/c1-4-32(5-2)21-11-9-18(10-12-21)22-24(14-28,15-29)25(16-30)17(3)26(33-22,34-23(25)31)19-7-6-8-20(27)13-19/h6-13,17,22,31H,4-5H2,1-3H3. The van der Waals surface area contributed by atoms with Crippen molar-refractivity contribution in [3.63, 3.8) is 0 Å². The molecular weight excluding hydrogens is 450 g/mol. The SMILES string of the molecule is CCN(CC)c1ccc(C2OC3(c4cccc(Cl)c4)OC(=N)C(C#N)(C3C)C2(C#N)C#N)cc1. The summed E-state index contributed by atoms with van der Waals surface area (Å²) in [5.41, 5.74) is -1.80. The maximum atomic E-state index is 10.4. The Kier molecular flexibility index (Phi) is 5.78. The minimum Gasteiger partial charge on any atom is -0.443 e. The molecule has 2 saturated heterocycles. The van der Waals surface area contributed by atoms with Crippen molar-refractivity contribution in [2.45, 2.75) is 32.7 Å². The summed E-state index contributed by atoms with van der Waals surface area (Å²) in [6.45, 7) is 7.45. The number of benzene rings is 2. The summed E-state index contributed by atoms with van der Waals surface area (Å²) in [7, 11) is 0. The third kappa shape index (κ3) is 2.86. The summed E-state index contributed by atoms with van der Waals surface area (Å²) in [5, 5.41) is 40.2. The van der Waals surface area contributed by atoms with Crippen molar-refractivity contribution in [2.75, 3.05) is 18.0 Å². The van der Waals surface area contributed by atoms with Gasteiger partial charge >= 0.3 is 0 Å². The first-order valence-corrected chi connectivity index (χ1v) is 11.5. The molecule has 34 heavy (non-hydrogen) atoms. The van der Waals surface area contributed by atoms with Gasteiger partial charge in [0.25, 0.3) is 0 Å². The van der Waals surface area contributed by atoms with Crippen LogP contribution in [-0.2, 0) is 15.3 Å². The van der Waals surface area contributed by atoms with E-state index in [-0.39, 0.29) is 0 Å². The lowest BCUT2D eigenvalue weighted by Crippen LogP contribution is -2.57. The predicted molar refractivity (Wildman–Crippen MR) is 127 cm³/mol. The summed E-state index contributed by atoms with van der Waals surface area (Å²) in [4.78, 5) is 2.17. The zero-order chi connectivity index (χ0) is 24.7. The summed E-state index contributed by atoms with van der Waals surface area (Å²) in [5.74, 6) is -2.84. The van der Waals surface area contributed by atoms with Gasteiger partial charge in [-0.25, -0.2) is 0 Å². The quantitative estimate of drug-likeness (QED) is 0.629. The molecule has 0 saturated carbocycles. The van der Waals surface area contributed by atoms with Crippen LogP contribution in [0.3, 0.4) is 0 Å². The second-order valence-corrected chi connectivity index (χ2v) is 8.98. The zero-order valence-electron chi connectivity index (χ0n) is 19.2. The normalized spacial score (nSPS) is 28.8. The Morgan fingerprint density at radius 1 is 1.03 bits per heavy atom. The number of halogens is 1. The van der Waals surface area contributed by atoms with Gasteiger partial charge in [0.1, 0.15) is 6.10 Å². The van der Waals surface area contributed by atoms with Crippen molar-refractivity contribution in [1.82, 2.24) is 0 Å². The highest BCUT2D eigenvalue weighted by Gasteiger charge is 2.79. The number of fused-ring (bicyclic) bond motifs is 2. The fourth-order valence-corrected chi connectivity index (χ4v) is 5.51. The molecule has 4 rings (SSSR count). The molecule has 2 fully saturated rings. The number of nitrogens with zero attached hydrogens (tertiary/aromatic N) is 4. The van der Waals surface area contributed by atoms with Crippen LogP contribution in [0.1, 0.15) is 38.0 Å². The van der Waals surface area contributed by atoms with Gasteiger partial charge in [0.05, 0.1) is 24.1 Å². The number of rotatable bonds is 5. The molecule has 0 aromatic heterocycles. The molecule has 2 bridgehead atoms. The Labute approximate surface area is 204 Å². The van der Waals surface area contributed by atoms with Crippen LogP contribution in [0, 0.1) is 56.2 Å². The molecule has 4 atom stereocenters. The maximum absolute atomic E-state index is 10.4. The molecule has 4 unspecified atom stereocenters. The number of nitrogens with one attached hydrogen (secondary N) is 1. The van der Waals surface area contributed by atoms with Crippen molar-refractivity contribution >= 4 is 23.2 Å². The van der Waals surface area contributed by atoms with E-state index in [2.05, 4.69) is 37.0 Å². The molecule has 0 spiro atoms. The number of hydrogen-bond donors (Lipinski definition) is 1. The molecule has 2 aliphatic rings. The maximum Gasteiger partial charge on any atom is 0.244 e. The third-order valence-corrected chi connectivity index (χ3v) is 7.46. The predicted octanol–water partition coefficient (Wildman–Crippen LogP) is 5.30. The molecule has 0 aliphatic carbocycles. The van der Waals surface area contributed by atoms with Crippen LogP contribution in [0.15, 0.2) is 48.5 Å². The molecule has 0 amide bonds. The molecule has 2 aliphatic heterocycles. The van der Waals surface area contributed by atoms with E-state index < -0.39 is 34.5 Å². The summed E-state index contributed by atoms with van der Waals surface area (Å²) >= 11 is 6.25.